The van der Waals surface area contributed by atoms with Crippen LogP contribution in [0.5, 0.6) is 11.8 Å². The number of ether oxygens (including phenoxy) is 1. The van der Waals surface area contributed by atoms with E-state index in [-0.39, 0.29) is 23.4 Å². The second-order valence-electron chi connectivity index (χ2n) is 5.24. The van der Waals surface area contributed by atoms with Crippen LogP contribution in [0.2, 0.25) is 0 Å². The van der Waals surface area contributed by atoms with Gasteiger partial charge in [0.2, 0.25) is 0 Å². The summed E-state index contributed by atoms with van der Waals surface area (Å²) in [7, 11) is 3.14. The summed E-state index contributed by atoms with van der Waals surface area (Å²) in [6, 6.07) is 6.26. The monoisotopic (exact) mass is 344 g/mol. The molecular weight excluding hydrogens is 330 g/mol. The van der Waals surface area contributed by atoms with Gasteiger partial charge in [-0.25, -0.2) is 13.8 Å². The molecule has 0 saturated heterocycles. The Bertz CT molecular complexity index is 912. The summed E-state index contributed by atoms with van der Waals surface area (Å²) in [5.41, 5.74) is 0.825. The second-order valence-corrected chi connectivity index (χ2v) is 5.24. The summed E-state index contributed by atoms with van der Waals surface area (Å²) >= 11 is 0. The van der Waals surface area contributed by atoms with Crippen molar-refractivity contribution < 1.29 is 18.3 Å². The quantitative estimate of drug-likeness (QED) is 0.729. The van der Waals surface area contributed by atoms with E-state index < -0.39 is 11.6 Å². The molecule has 0 aliphatic heterocycles. The number of anilines is 1. The van der Waals surface area contributed by atoms with E-state index in [1.165, 1.54) is 15.7 Å². The van der Waals surface area contributed by atoms with E-state index in [0.29, 0.717) is 5.69 Å². The van der Waals surface area contributed by atoms with Gasteiger partial charge in [0.15, 0.2) is 11.6 Å². The van der Waals surface area contributed by atoms with Crippen LogP contribution in [0.15, 0.2) is 48.9 Å². The predicted octanol–water partition coefficient (Wildman–Crippen LogP) is 3.16. The molecule has 2 aromatic heterocycles. The highest BCUT2D eigenvalue weighted by Gasteiger charge is 2.20. The summed E-state index contributed by atoms with van der Waals surface area (Å²) in [5.74, 6) is -2.03. The molecule has 8 heteroatoms. The van der Waals surface area contributed by atoms with Gasteiger partial charge in [-0.2, -0.15) is 0 Å². The van der Waals surface area contributed by atoms with E-state index in [4.69, 9.17) is 4.74 Å². The molecule has 3 aromatic rings. The molecule has 0 aliphatic rings. The van der Waals surface area contributed by atoms with Crippen LogP contribution in [0.4, 0.5) is 14.5 Å². The third kappa shape index (κ3) is 3.32. The summed E-state index contributed by atoms with van der Waals surface area (Å²) in [6.07, 6.45) is 4.46. The van der Waals surface area contributed by atoms with Crippen molar-refractivity contribution in [1.29, 1.82) is 0 Å². The number of hydrogen-bond donors (Lipinski definition) is 0. The van der Waals surface area contributed by atoms with Crippen LogP contribution < -0.4 is 9.64 Å². The van der Waals surface area contributed by atoms with Gasteiger partial charge in [-0.1, -0.05) is 0 Å². The molecule has 0 aliphatic carbocycles. The van der Waals surface area contributed by atoms with E-state index >= 15 is 0 Å². The van der Waals surface area contributed by atoms with Gasteiger partial charge in [0.1, 0.15) is 11.5 Å². The van der Waals surface area contributed by atoms with Gasteiger partial charge in [0.05, 0.1) is 18.1 Å². The van der Waals surface area contributed by atoms with Gasteiger partial charge in [-0.3, -0.25) is 14.3 Å². The van der Waals surface area contributed by atoms with E-state index in [1.54, 1.807) is 38.6 Å². The van der Waals surface area contributed by atoms with Crippen molar-refractivity contribution in [3.05, 3.63) is 66.3 Å². The number of amides is 1. The maximum atomic E-state index is 13.7. The van der Waals surface area contributed by atoms with E-state index in [0.717, 1.165) is 18.2 Å². The molecule has 3 rings (SSSR count). The summed E-state index contributed by atoms with van der Waals surface area (Å²) in [5, 5.41) is 0. The molecule has 128 valence electrons. The van der Waals surface area contributed by atoms with E-state index in [2.05, 4.69) is 9.97 Å². The molecule has 0 fully saturated rings. The Morgan fingerprint density at radius 3 is 2.76 bits per heavy atom. The molecule has 2 heterocycles. The zero-order chi connectivity index (χ0) is 18.0. The molecule has 1 aromatic carbocycles. The molecule has 1 amide bonds. The van der Waals surface area contributed by atoms with Gasteiger partial charge >= 0.3 is 6.01 Å². The van der Waals surface area contributed by atoms with Crippen LogP contribution in [0, 0.1) is 11.6 Å². The number of carbonyl (C=O) groups is 1. The Hall–Kier alpha value is -3.29. The highest BCUT2D eigenvalue weighted by Crippen LogP contribution is 2.25. The Labute approximate surface area is 142 Å². The fourth-order valence-electron chi connectivity index (χ4n) is 2.18. The zero-order valence-electron chi connectivity index (χ0n) is 13.5. The molecule has 0 unspecified atom stereocenters. The smallest absolute Gasteiger partial charge is 0.302 e. The average Bonchev–Trinajstić information content (AvgIpc) is 2.98. The summed E-state index contributed by atoms with van der Waals surface area (Å²) in [4.78, 5) is 21.9. The third-order valence-electron chi connectivity index (χ3n) is 3.60. The molecule has 0 saturated carbocycles. The maximum Gasteiger partial charge on any atom is 0.302 e. The minimum atomic E-state index is -0.732. The second kappa shape index (κ2) is 6.68. The first-order valence-electron chi connectivity index (χ1n) is 7.30. The van der Waals surface area contributed by atoms with Crippen molar-refractivity contribution in [3.8, 4) is 11.8 Å². The number of pyridine rings is 1. The van der Waals surface area contributed by atoms with E-state index in [9.17, 15) is 13.6 Å². The lowest BCUT2D eigenvalue weighted by Crippen LogP contribution is -2.28. The lowest BCUT2D eigenvalue weighted by Gasteiger charge is -2.17. The van der Waals surface area contributed by atoms with Gasteiger partial charge in [0, 0.05) is 26.4 Å². The van der Waals surface area contributed by atoms with Crippen molar-refractivity contribution in [2.75, 3.05) is 11.9 Å². The maximum absolute atomic E-state index is 13.7. The topological polar surface area (TPSA) is 60.3 Å². The Morgan fingerprint density at radius 1 is 1.24 bits per heavy atom. The minimum absolute atomic E-state index is 0.0348. The summed E-state index contributed by atoms with van der Waals surface area (Å²) in [6.45, 7) is 0. The molecule has 25 heavy (non-hydrogen) atoms. The van der Waals surface area contributed by atoms with E-state index in [1.807, 2.05) is 0 Å². The van der Waals surface area contributed by atoms with Crippen LogP contribution in [0.25, 0.3) is 0 Å². The van der Waals surface area contributed by atoms with Crippen LogP contribution in [0.1, 0.15) is 10.5 Å². The first kappa shape index (κ1) is 16.6. The molecule has 6 nitrogen and oxygen atoms in total. The normalized spacial score (nSPS) is 10.6. The van der Waals surface area contributed by atoms with Crippen molar-refractivity contribution in [3.63, 3.8) is 0 Å². The van der Waals surface area contributed by atoms with Crippen molar-refractivity contribution >= 4 is 11.6 Å². The zero-order valence-corrected chi connectivity index (χ0v) is 13.5. The summed E-state index contributed by atoms with van der Waals surface area (Å²) < 4.78 is 33.6. The predicted molar refractivity (Wildman–Crippen MR) is 86.6 cm³/mol. The van der Waals surface area contributed by atoms with Crippen molar-refractivity contribution in [2.24, 2.45) is 7.05 Å². The minimum Gasteiger partial charge on any atom is -0.422 e. The van der Waals surface area contributed by atoms with Crippen LogP contribution >= 0.6 is 0 Å². The third-order valence-corrected chi connectivity index (χ3v) is 3.60. The Kier molecular flexibility index (Phi) is 4.42. The van der Waals surface area contributed by atoms with Crippen molar-refractivity contribution in [1.82, 2.24) is 14.5 Å². The fraction of sp³-hybridized carbons (Fsp3) is 0.118. The van der Waals surface area contributed by atoms with Gasteiger partial charge in [0.25, 0.3) is 5.91 Å². The Morgan fingerprint density at radius 2 is 2.04 bits per heavy atom. The molecule has 0 spiro atoms. The Balaban J connectivity index is 1.86. The number of hydrogen-bond acceptors (Lipinski definition) is 4. The number of carbonyl (C=O) groups excluding carboxylic acids is 1. The first-order chi connectivity index (χ1) is 12.0. The van der Waals surface area contributed by atoms with Crippen LogP contribution in [0.3, 0.4) is 0 Å². The van der Waals surface area contributed by atoms with Gasteiger partial charge in [-0.15, -0.1) is 0 Å². The average molecular weight is 344 g/mol. The molecule has 0 bridgehead atoms. The lowest BCUT2D eigenvalue weighted by atomic mass is 10.3. The lowest BCUT2D eigenvalue weighted by molar-refractivity contribution is 0.0984. The number of imidazole rings is 1. The number of benzene rings is 1. The molecule has 0 N–H and O–H groups in total. The fourth-order valence-corrected chi connectivity index (χ4v) is 2.18. The van der Waals surface area contributed by atoms with Gasteiger partial charge in [-0.05, 0) is 24.3 Å². The largest absolute Gasteiger partial charge is 0.422 e. The number of aromatic nitrogens is 3. The highest BCUT2D eigenvalue weighted by atomic mass is 19.1. The van der Waals surface area contributed by atoms with Crippen molar-refractivity contribution in [2.45, 2.75) is 0 Å². The number of halogens is 2. The number of rotatable bonds is 4. The molecular formula is C17H14F2N4O2. The highest BCUT2D eigenvalue weighted by molar-refractivity contribution is 6.04. The van der Waals surface area contributed by atoms with Crippen LogP contribution in [-0.4, -0.2) is 27.5 Å². The van der Waals surface area contributed by atoms with Gasteiger partial charge < -0.3 is 9.64 Å². The molecule has 0 radical (unpaired) electrons. The molecule has 0 atom stereocenters. The standard InChI is InChI=1S/C17H14F2N4O2/c1-22(12-4-3-7-20-9-12)16(24)14-10-21-17(23(14)2)25-15-8-11(18)5-6-13(15)19/h3-10H,1-2H3. The van der Waals surface area contributed by atoms with Crippen LogP contribution in [-0.2, 0) is 7.05 Å². The first-order valence-corrected chi connectivity index (χ1v) is 7.30. The number of nitrogens with zero attached hydrogens (tertiary/aromatic N) is 4. The SMILES string of the molecule is CN(C(=O)c1cnc(Oc2cc(F)ccc2F)n1C)c1cccnc1.